The van der Waals surface area contributed by atoms with E-state index in [1.807, 2.05) is 6.92 Å². The van der Waals surface area contributed by atoms with Crippen LogP contribution >= 0.6 is 23.2 Å². The fourth-order valence-electron chi connectivity index (χ4n) is 2.94. The molecule has 1 aromatic carbocycles. The smallest absolute Gasteiger partial charge is 0.236 e. The molecule has 0 radical (unpaired) electrons. The molecule has 1 aliphatic rings. The van der Waals surface area contributed by atoms with Crippen molar-refractivity contribution in [2.24, 2.45) is 0 Å². The Hall–Kier alpha value is -1.96. The van der Waals surface area contributed by atoms with E-state index in [1.54, 1.807) is 23.4 Å². The van der Waals surface area contributed by atoms with E-state index >= 15 is 0 Å². The summed E-state index contributed by atoms with van der Waals surface area (Å²) in [5.74, 6) is 0.132. The summed E-state index contributed by atoms with van der Waals surface area (Å²) in [6, 6.07) is 4.16. The molecule has 6 nitrogen and oxygen atoms in total. The lowest BCUT2D eigenvalue weighted by molar-refractivity contribution is -0.130. The number of nitrogens with one attached hydrogen (secondary N) is 1. The highest BCUT2D eigenvalue weighted by Gasteiger charge is 2.23. The lowest BCUT2D eigenvalue weighted by atomic mass is 10.1. The van der Waals surface area contributed by atoms with Gasteiger partial charge in [0, 0.05) is 49.6 Å². The van der Waals surface area contributed by atoms with Gasteiger partial charge in [0.1, 0.15) is 5.82 Å². The van der Waals surface area contributed by atoms with E-state index in [1.165, 1.54) is 12.1 Å². The summed E-state index contributed by atoms with van der Waals surface area (Å²) in [4.78, 5) is 24.8. The van der Waals surface area contributed by atoms with Gasteiger partial charge in [0.2, 0.25) is 11.9 Å². The van der Waals surface area contributed by atoms with Crippen LogP contribution in [0.5, 0.6) is 0 Å². The van der Waals surface area contributed by atoms with Crippen molar-refractivity contribution in [2.75, 3.05) is 37.6 Å². The summed E-state index contributed by atoms with van der Waals surface area (Å²) in [6.07, 6.45) is 3.41. The monoisotopic (exact) mass is 411 g/mol. The van der Waals surface area contributed by atoms with E-state index in [9.17, 15) is 9.18 Å². The minimum atomic E-state index is -0.532. The first-order chi connectivity index (χ1) is 13.0. The van der Waals surface area contributed by atoms with Crippen LogP contribution in [0.4, 0.5) is 10.3 Å². The Morgan fingerprint density at radius 3 is 2.52 bits per heavy atom. The molecule has 1 aliphatic heterocycles. The van der Waals surface area contributed by atoms with Gasteiger partial charge in [0.05, 0.1) is 11.6 Å². The SMILES string of the molecule is C[C@H](NCC(=O)N1CCN(c2ncccn2)CC1)c1cc(F)c(Cl)cc1Cl. The summed E-state index contributed by atoms with van der Waals surface area (Å²) in [5, 5.41) is 3.45. The van der Waals surface area contributed by atoms with Gasteiger partial charge in [0.25, 0.3) is 0 Å². The Kier molecular flexibility index (Phi) is 6.46. The zero-order valence-electron chi connectivity index (χ0n) is 14.8. The number of nitrogens with zero attached hydrogens (tertiary/aromatic N) is 4. The molecule has 27 heavy (non-hydrogen) atoms. The van der Waals surface area contributed by atoms with Crippen LogP contribution in [0.2, 0.25) is 10.0 Å². The van der Waals surface area contributed by atoms with Gasteiger partial charge >= 0.3 is 0 Å². The molecule has 1 amide bonds. The van der Waals surface area contributed by atoms with Crippen LogP contribution in [0.25, 0.3) is 0 Å². The lowest BCUT2D eigenvalue weighted by Crippen LogP contribution is -2.51. The summed E-state index contributed by atoms with van der Waals surface area (Å²) < 4.78 is 13.7. The number of carbonyl (C=O) groups is 1. The number of carbonyl (C=O) groups excluding carboxylic acids is 1. The minimum Gasteiger partial charge on any atom is -0.338 e. The summed E-state index contributed by atoms with van der Waals surface area (Å²) in [6.45, 7) is 4.53. The topological polar surface area (TPSA) is 61.4 Å². The number of amides is 1. The van der Waals surface area contributed by atoms with Crippen molar-refractivity contribution >= 4 is 35.1 Å². The number of piperazine rings is 1. The molecule has 0 bridgehead atoms. The number of hydrogen-bond donors (Lipinski definition) is 1. The van der Waals surface area contributed by atoms with E-state index in [2.05, 4.69) is 20.2 Å². The fraction of sp³-hybridized carbons (Fsp3) is 0.389. The molecule has 3 rings (SSSR count). The average molecular weight is 412 g/mol. The molecular formula is C18H20Cl2FN5O. The highest BCUT2D eigenvalue weighted by atomic mass is 35.5. The molecule has 2 heterocycles. The van der Waals surface area contributed by atoms with Crippen molar-refractivity contribution in [3.63, 3.8) is 0 Å². The lowest BCUT2D eigenvalue weighted by Gasteiger charge is -2.35. The van der Waals surface area contributed by atoms with Gasteiger partial charge in [-0.05, 0) is 30.7 Å². The van der Waals surface area contributed by atoms with Crippen LogP contribution in [0.15, 0.2) is 30.6 Å². The third kappa shape index (κ3) is 4.86. The van der Waals surface area contributed by atoms with Crippen molar-refractivity contribution in [1.82, 2.24) is 20.2 Å². The average Bonchev–Trinajstić information content (AvgIpc) is 2.69. The van der Waals surface area contributed by atoms with Crippen LogP contribution in [0.1, 0.15) is 18.5 Å². The zero-order valence-corrected chi connectivity index (χ0v) is 16.3. The van der Waals surface area contributed by atoms with Gasteiger partial charge in [-0.2, -0.15) is 0 Å². The second-order valence-electron chi connectivity index (χ2n) is 6.31. The van der Waals surface area contributed by atoms with Gasteiger partial charge < -0.3 is 15.1 Å². The predicted molar refractivity (Wildman–Crippen MR) is 104 cm³/mol. The van der Waals surface area contributed by atoms with Crippen molar-refractivity contribution in [3.05, 3.63) is 52.0 Å². The molecule has 1 aromatic heterocycles. The number of halogens is 3. The maximum atomic E-state index is 13.7. The van der Waals surface area contributed by atoms with Gasteiger partial charge in [0.15, 0.2) is 0 Å². The van der Waals surface area contributed by atoms with Crippen molar-refractivity contribution in [3.8, 4) is 0 Å². The fourth-order valence-corrected chi connectivity index (χ4v) is 3.49. The van der Waals surface area contributed by atoms with Gasteiger partial charge in [-0.15, -0.1) is 0 Å². The van der Waals surface area contributed by atoms with Crippen LogP contribution in [0, 0.1) is 5.82 Å². The predicted octanol–water partition coefficient (Wildman–Crippen LogP) is 2.92. The van der Waals surface area contributed by atoms with Gasteiger partial charge in [-0.3, -0.25) is 4.79 Å². The van der Waals surface area contributed by atoms with Crippen LogP contribution in [-0.4, -0.2) is 53.5 Å². The normalized spacial score (nSPS) is 15.7. The van der Waals surface area contributed by atoms with Crippen molar-refractivity contribution in [1.29, 1.82) is 0 Å². The zero-order chi connectivity index (χ0) is 19.4. The first kappa shape index (κ1) is 19.8. The molecule has 0 unspecified atom stereocenters. The second kappa shape index (κ2) is 8.82. The molecule has 1 atom stereocenters. The molecule has 0 aliphatic carbocycles. The second-order valence-corrected chi connectivity index (χ2v) is 7.12. The number of hydrogen-bond acceptors (Lipinski definition) is 5. The van der Waals surface area contributed by atoms with Crippen LogP contribution < -0.4 is 10.2 Å². The number of anilines is 1. The Morgan fingerprint density at radius 2 is 1.85 bits per heavy atom. The quantitative estimate of drug-likeness (QED) is 0.766. The standard InChI is InChI=1S/C18H20Cl2FN5O/c1-12(13-9-16(21)15(20)10-14(13)19)24-11-17(27)25-5-7-26(8-6-25)18-22-3-2-4-23-18/h2-4,9-10,12,24H,5-8,11H2,1H3/t12-/m0/s1. The number of aromatic nitrogens is 2. The highest BCUT2D eigenvalue weighted by Crippen LogP contribution is 2.28. The molecule has 9 heteroatoms. The minimum absolute atomic E-state index is 0.0129. The molecule has 1 N–H and O–H groups in total. The van der Waals surface area contributed by atoms with Crippen molar-refractivity contribution < 1.29 is 9.18 Å². The van der Waals surface area contributed by atoms with Gasteiger partial charge in [-0.25, -0.2) is 14.4 Å². The van der Waals surface area contributed by atoms with E-state index in [4.69, 9.17) is 23.2 Å². The molecule has 0 spiro atoms. The number of rotatable bonds is 5. The van der Waals surface area contributed by atoms with Crippen molar-refractivity contribution in [2.45, 2.75) is 13.0 Å². The van der Waals surface area contributed by atoms with Crippen LogP contribution in [-0.2, 0) is 4.79 Å². The van der Waals surface area contributed by atoms with Crippen LogP contribution in [0.3, 0.4) is 0 Å². The maximum Gasteiger partial charge on any atom is 0.236 e. The van der Waals surface area contributed by atoms with E-state index < -0.39 is 5.82 Å². The summed E-state index contributed by atoms with van der Waals surface area (Å²) in [7, 11) is 0. The van der Waals surface area contributed by atoms with Gasteiger partial charge in [-0.1, -0.05) is 23.2 Å². The Labute approximate surface area is 167 Å². The molecule has 144 valence electrons. The maximum absolute atomic E-state index is 13.7. The molecule has 0 saturated carbocycles. The van der Waals surface area contributed by atoms with E-state index in [0.29, 0.717) is 42.7 Å². The first-order valence-corrected chi connectivity index (χ1v) is 9.39. The third-order valence-corrected chi connectivity index (χ3v) is 5.15. The summed E-state index contributed by atoms with van der Waals surface area (Å²) >= 11 is 11.9. The van der Waals surface area contributed by atoms with E-state index in [0.717, 1.165) is 0 Å². The molecule has 1 saturated heterocycles. The Morgan fingerprint density at radius 1 is 1.19 bits per heavy atom. The molecular weight excluding hydrogens is 392 g/mol. The Bertz CT molecular complexity index is 800. The Balaban J connectivity index is 1.51. The van der Waals surface area contributed by atoms with E-state index in [-0.39, 0.29) is 23.5 Å². The molecule has 2 aromatic rings. The molecule has 1 fully saturated rings. The number of benzene rings is 1. The first-order valence-electron chi connectivity index (χ1n) is 8.63. The largest absolute Gasteiger partial charge is 0.338 e. The third-order valence-electron chi connectivity index (χ3n) is 4.53. The summed E-state index contributed by atoms with van der Waals surface area (Å²) in [5.41, 5.74) is 0.567. The highest BCUT2D eigenvalue weighted by molar-refractivity contribution is 6.35.